The van der Waals surface area contributed by atoms with Crippen molar-refractivity contribution in [3.8, 4) is 0 Å². The number of allylic oxidation sites excluding steroid dienone is 2. The molecule has 0 saturated heterocycles. The molecule has 0 aromatic heterocycles. The fourth-order valence-electron chi connectivity index (χ4n) is 5.49. The Kier molecular flexibility index (Phi) is 2.34. The Bertz CT molecular complexity index is 368. The highest BCUT2D eigenvalue weighted by Gasteiger charge is 2.60. The van der Waals surface area contributed by atoms with E-state index in [9.17, 15) is 0 Å². The normalized spacial score (nSPS) is 47.5. The van der Waals surface area contributed by atoms with Crippen LogP contribution < -0.4 is 5.32 Å². The molecule has 2 N–H and O–H groups in total. The van der Waals surface area contributed by atoms with Gasteiger partial charge in [-0.1, -0.05) is 27.2 Å². The molecule has 0 aliphatic heterocycles. The molecule has 1 spiro atoms. The highest BCUT2D eigenvalue weighted by atomic mass is 14.9. The standard InChI is InChI=1S/C16H27N/c1-14(2)10-13(17-4)16-8-5-7-15(3,11-16)9-6-12(14)16/h10,12H,4-9,11,17H2,1-3H3/t12-,15+,16-/m0/s1. The molecule has 0 radical (unpaired) electrons. The number of rotatable bonds is 1. The molecular weight excluding hydrogens is 206 g/mol. The number of nitrogens with two attached hydrogens (primary N) is 1. The van der Waals surface area contributed by atoms with Crippen molar-refractivity contribution in [2.45, 2.75) is 59.3 Å². The molecule has 96 valence electrons. The molecule has 3 rings (SSSR count). The summed E-state index contributed by atoms with van der Waals surface area (Å²) in [5, 5.41) is 2.17. The van der Waals surface area contributed by atoms with Crippen molar-refractivity contribution in [3.05, 3.63) is 18.8 Å². The monoisotopic (exact) mass is 233 g/mol. The first kappa shape index (κ1) is 11.8. The van der Waals surface area contributed by atoms with Gasteiger partial charge in [0.15, 0.2) is 0 Å². The topological polar surface area (TPSA) is 16.6 Å². The summed E-state index contributed by atoms with van der Waals surface area (Å²) in [4.78, 5) is 0. The number of quaternary nitrogens is 1. The van der Waals surface area contributed by atoms with Gasteiger partial charge in [0.1, 0.15) is 0 Å². The van der Waals surface area contributed by atoms with Gasteiger partial charge in [-0.15, -0.1) is 7.05 Å². The van der Waals surface area contributed by atoms with E-state index >= 15 is 0 Å². The van der Waals surface area contributed by atoms with Gasteiger partial charge in [0.2, 0.25) is 0 Å². The predicted molar refractivity (Wildman–Crippen MR) is 70.9 cm³/mol. The van der Waals surface area contributed by atoms with E-state index in [1.54, 1.807) is 5.70 Å². The van der Waals surface area contributed by atoms with Crippen LogP contribution in [0.4, 0.5) is 0 Å². The summed E-state index contributed by atoms with van der Waals surface area (Å²) < 4.78 is 0. The molecular formula is C16H27N. The molecule has 2 bridgehead atoms. The third kappa shape index (κ3) is 1.47. The van der Waals surface area contributed by atoms with Crippen LogP contribution in [0.2, 0.25) is 0 Å². The quantitative estimate of drug-likeness (QED) is 0.670. The molecule has 17 heavy (non-hydrogen) atoms. The number of hydrogen-bond acceptors (Lipinski definition) is 0. The van der Waals surface area contributed by atoms with Crippen molar-refractivity contribution in [1.29, 1.82) is 0 Å². The molecule has 2 fully saturated rings. The second-order valence-corrected chi connectivity index (χ2v) is 7.71. The van der Waals surface area contributed by atoms with Crippen LogP contribution in [-0.2, 0) is 0 Å². The zero-order valence-corrected chi connectivity index (χ0v) is 11.7. The fourth-order valence-corrected chi connectivity index (χ4v) is 5.49. The summed E-state index contributed by atoms with van der Waals surface area (Å²) in [6.45, 7) is 7.40. The lowest BCUT2D eigenvalue weighted by Gasteiger charge is -2.55. The summed E-state index contributed by atoms with van der Waals surface area (Å²) in [6, 6.07) is 0. The van der Waals surface area contributed by atoms with E-state index in [0.29, 0.717) is 16.2 Å². The molecule has 3 aliphatic rings. The highest BCUT2D eigenvalue weighted by molar-refractivity contribution is 5.26. The van der Waals surface area contributed by atoms with Crippen molar-refractivity contribution < 1.29 is 5.32 Å². The van der Waals surface area contributed by atoms with Crippen LogP contribution in [0.15, 0.2) is 11.8 Å². The Morgan fingerprint density at radius 1 is 1.24 bits per heavy atom. The van der Waals surface area contributed by atoms with E-state index in [4.69, 9.17) is 0 Å². The first-order valence-corrected chi connectivity index (χ1v) is 7.28. The average molecular weight is 233 g/mol. The lowest BCUT2D eigenvalue weighted by Crippen LogP contribution is -2.78. The van der Waals surface area contributed by atoms with Crippen molar-refractivity contribution in [2.24, 2.45) is 22.2 Å². The van der Waals surface area contributed by atoms with Crippen molar-refractivity contribution in [2.75, 3.05) is 0 Å². The molecule has 1 nitrogen and oxygen atoms in total. The van der Waals surface area contributed by atoms with Crippen molar-refractivity contribution in [1.82, 2.24) is 0 Å². The van der Waals surface area contributed by atoms with E-state index < -0.39 is 0 Å². The summed E-state index contributed by atoms with van der Waals surface area (Å²) in [6.07, 6.45) is 11.1. The first-order chi connectivity index (χ1) is 7.92. The van der Waals surface area contributed by atoms with Crippen LogP contribution >= 0.6 is 0 Å². The van der Waals surface area contributed by atoms with Crippen LogP contribution in [-0.4, -0.2) is 0 Å². The third-order valence-electron chi connectivity index (χ3n) is 6.07. The van der Waals surface area contributed by atoms with Crippen molar-refractivity contribution in [3.63, 3.8) is 0 Å². The van der Waals surface area contributed by atoms with E-state index in [-0.39, 0.29) is 0 Å². The van der Waals surface area contributed by atoms with Gasteiger partial charge in [0.25, 0.3) is 0 Å². The van der Waals surface area contributed by atoms with Gasteiger partial charge < -0.3 is 5.32 Å². The maximum Gasteiger partial charge on any atom is 0.0824 e. The van der Waals surface area contributed by atoms with Gasteiger partial charge in [-0.25, -0.2) is 0 Å². The molecule has 3 atom stereocenters. The Morgan fingerprint density at radius 2 is 2.00 bits per heavy atom. The molecule has 0 aromatic carbocycles. The Hall–Kier alpha value is -0.300. The smallest absolute Gasteiger partial charge is 0.0824 e. The minimum Gasteiger partial charge on any atom is -0.449 e. The number of hydrogen-bond donors (Lipinski definition) is 1. The van der Waals surface area contributed by atoms with Gasteiger partial charge in [0, 0.05) is 5.41 Å². The summed E-state index contributed by atoms with van der Waals surface area (Å²) >= 11 is 0. The van der Waals surface area contributed by atoms with Gasteiger partial charge in [0.05, 0.1) is 5.70 Å². The zero-order chi connectivity index (χ0) is 12.3. The number of fused-ring (bicyclic) bond motifs is 1. The highest BCUT2D eigenvalue weighted by Crippen LogP contribution is 2.67. The fraction of sp³-hybridized carbons (Fsp3) is 0.812. The largest absolute Gasteiger partial charge is 0.449 e. The lowest BCUT2D eigenvalue weighted by molar-refractivity contribution is -0.558. The van der Waals surface area contributed by atoms with Gasteiger partial charge in [-0.05, 0) is 54.9 Å². The second kappa shape index (κ2) is 3.38. The summed E-state index contributed by atoms with van der Waals surface area (Å²) in [7, 11) is 4.10. The Balaban J connectivity index is 2.05. The molecule has 0 unspecified atom stereocenters. The minimum atomic E-state index is 0.391. The van der Waals surface area contributed by atoms with Crippen LogP contribution in [0.25, 0.3) is 0 Å². The molecule has 3 aliphatic carbocycles. The summed E-state index contributed by atoms with van der Waals surface area (Å²) in [5.74, 6) is 0.872. The van der Waals surface area contributed by atoms with Crippen LogP contribution in [0, 0.1) is 29.2 Å². The second-order valence-electron chi connectivity index (χ2n) is 7.71. The van der Waals surface area contributed by atoms with Crippen LogP contribution in [0.3, 0.4) is 0 Å². The lowest BCUT2D eigenvalue weighted by atomic mass is 9.49. The van der Waals surface area contributed by atoms with Gasteiger partial charge in [-0.3, -0.25) is 0 Å². The molecule has 2 saturated carbocycles. The molecule has 0 heterocycles. The van der Waals surface area contributed by atoms with Crippen molar-refractivity contribution >= 4 is 0 Å². The first-order valence-electron chi connectivity index (χ1n) is 7.28. The Morgan fingerprint density at radius 3 is 2.71 bits per heavy atom. The average Bonchev–Trinajstić information content (AvgIpc) is 2.44. The van der Waals surface area contributed by atoms with E-state index in [0.717, 1.165) is 5.92 Å². The van der Waals surface area contributed by atoms with E-state index in [1.165, 1.54) is 38.5 Å². The van der Waals surface area contributed by atoms with Crippen LogP contribution in [0.1, 0.15) is 59.3 Å². The SMILES string of the molecule is [CH2-][NH2+]C1=CC(C)(C)[C@@H]2CC[C@@]3(C)CCC[C@@]12C3. The molecule has 0 amide bonds. The maximum absolute atomic E-state index is 4.10. The summed E-state index contributed by atoms with van der Waals surface area (Å²) in [5.41, 5.74) is 3.09. The minimum absolute atomic E-state index is 0.391. The van der Waals surface area contributed by atoms with Gasteiger partial charge in [-0.2, -0.15) is 0 Å². The zero-order valence-electron chi connectivity index (χ0n) is 11.7. The predicted octanol–water partition coefficient (Wildman–Crippen LogP) is 3.24. The molecule has 1 heteroatoms. The van der Waals surface area contributed by atoms with Crippen LogP contribution in [0.5, 0.6) is 0 Å². The van der Waals surface area contributed by atoms with E-state index in [2.05, 4.69) is 39.2 Å². The Labute approximate surface area is 106 Å². The maximum atomic E-state index is 4.10. The van der Waals surface area contributed by atoms with Gasteiger partial charge >= 0.3 is 0 Å². The molecule has 0 aromatic rings. The van der Waals surface area contributed by atoms with E-state index in [1.807, 2.05) is 0 Å². The third-order valence-corrected chi connectivity index (χ3v) is 6.07.